The lowest BCUT2D eigenvalue weighted by atomic mass is 10.0. The molecule has 0 saturated carbocycles. The summed E-state index contributed by atoms with van der Waals surface area (Å²) in [5, 5.41) is 14.2. The van der Waals surface area contributed by atoms with Crippen molar-refractivity contribution in [3.63, 3.8) is 0 Å². The number of aliphatic carboxylic acids is 1. The number of hydrogen-bond donors (Lipinski definition) is 6. The summed E-state index contributed by atoms with van der Waals surface area (Å²) in [5.74, 6) is -4.12. The highest BCUT2D eigenvalue weighted by Gasteiger charge is 2.40. The van der Waals surface area contributed by atoms with Crippen LogP contribution in [0.5, 0.6) is 0 Å². The molecule has 1 rings (SSSR count). The first kappa shape index (κ1) is 27.3. The quantitative estimate of drug-likeness (QED) is 0.170. The maximum atomic E-state index is 13.2. The third kappa shape index (κ3) is 8.08. The number of nitrogens with one attached hydrogen (secondary N) is 2. The van der Waals surface area contributed by atoms with Crippen molar-refractivity contribution in [1.29, 1.82) is 0 Å². The zero-order valence-corrected chi connectivity index (χ0v) is 18.7. The molecule has 0 aromatic heterocycles. The first-order chi connectivity index (χ1) is 15.0. The molecule has 1 saturated heterocycles. The number of rotatable bonds is 13. The number of hydrogen-bond acceptors (Lipinski definition) is 7. The Bertz CT molecular complexity index is 700. The van der Waals surface area contributed by atoms with E-state index in [4.69, 9.17) is 17.2 Å². The summed E-state index contributed by atoms with van der Waals surface area (Å²) in [4.78, 5) is 62.1. The van der Waals surface area contributed by atoms with E-state index in [-0.39, 0.29) is 12.5 Å². The van der Waals surface area contributed by atoms with E-state index in [1.807, 2.05) is 0 Å². The van der Waals surface area contributed by atoms with Crippen LogP contribution in [0, 0.1) is 5.92 Å². The second-order valence-electron chi connectivity index (χ2n) is 8.38. The monoisotopic (exact) mass is 456 g/mol. The average Bonchev–Trinajstić information content (AvgIpc) is 3.20. The molecule has 1 fully saturated rings. The minimum atomic E-state index is -1.48. The number of nitrogens with two attached hydrogens (primary N) is 3. The molecule has 0 radical (unpaired) electrons. The van der Waals surface area contributed by atoms with E-state index in [0.29, 0.717) is 32.2 Å². The van der Waals surface area contributed by atoms with Gasteiger partial charge in [-0.1, -0.05) is 20.3 Å². The van der Waals surface area contributed by atoms with Gasteiger partial charge in [0.15, 0.2) is 0 Å². The van der Waals surface area contributed by atoms with Crippen LogP contribution in [0.2, 0.25) is 0 Å². The van der Waals surface area contributed by atoms with Crippen LogP contribution in [0.3, 0.4) is 0 Å². The Morgan fingerprint density at radius 1 is 1.12 bits per heavy atom. The molecule has 0 aromatic carbocycles. The van der Waals surface area contributed by atoms with Crippen molar-refractivity contribution in [2.45, 2.75) is 76.5 Å². The molecule has 1 aliphatic heterocycles. The van der Waals surface area contributed by atoms with E-state index in [1.54, 1.807) is 13.8 Å². The second-order valence-corrected chi connectivity index (χ2v) is 8.38. The van der Waals surface area contributed by atoms with Gasteiger partial charge in [-0.15, -0.1) is 0 Å². The van der Waals surface area contributed by atoms with Crippen molar-refractivity contribution in [1.82, 2.24) is 15.5 Å². The Labute approximate surface area is 187 Å². The maximum Gasteiger partial charge on any atom is 0.326 e. The third-order valence-electron chi connectivity index (χ3n) is 5.39. The van der Waals surface area contributed by atoms with Crippen LogP contribution >= 0.6 is 0 Å². The minimum absolute atomic E-state index is 0.270. The molecule has 1 heterocycles. The van der Waals surface area contributed by atoms with Gasteiger partial charge in [0.05, 0.1) is 12.5 Å². The van der Waals surface area contributed by atoms with Gasteiger partial charge in [0.1, 0.15) is 18.1 Å². The number of nitrogens with zero attached hydrogens (tertiary/aromatic N) is 1. The van der Waals surface area contributed by atoms with E-state index < -0.39 is 60.2 Å². The molecule has 4 atom stereocenters. The number of carboxylic acids is 1. The fourth-order valence-electron chi connectivity index (χ4n) is 3.56. The van der Waals surface area contributed by atoms with E-state index in [0.717, 1.165) is 6.42 Å². The normalized spacial score (nSPS) is 18.7. The first-order valence-corrected chi connectivity index (χ1v) is 10.9. The fourth-order valence-corrected chi connectivity index (χ4v) is 3.56. The molecule has 182 valence electrons. The lowest BCUT2D eigenvalue weighted by Gasteiger charge is -2.31. The number of carbonyl (C=O) groups excluding carboxylic acids is 4. The highest BCUT2D eigenvalue weighted by atomic mass is 16.4. The van der Waals surface area contributed by atoms with Crippen LogP contribution in [0.1, 0.15) is 52.4 Å². The number of carbonyl (C=O) groups is 5. The van der Waals surface area contributed by atoms with Crippen molar-refractivity contribution in [3.8, 4) is 0 Å². The highest BCUT2D eigenvalue weighted by Crippen LogP contribution is 2.21. The van der Waals surface area contributed by atoms with Gasteiger partial charge in [-0.25, -0.2) is 4.79 Å². The van der Waals surface area contributed by atoms with Gasteiger partial charge < -0.3 is 37.8 Å². The zero-order valence-electron chi connectivity index (χ0n) is 18.7. The predicted molar refractivity (Wildman–Crippen MR) is 116 cm³/mol. The topological polar surface area (TPSA) is 211 Å². The molecular formula is C20H36N6O6. The van der Waals surface area contributed by atoms with Crippen molar-refractivity contribution < 1.29 is 29.1 Å². The lowest BCUT2D eigenvalue weighted by Crippen LogP contribution is -2.58. The van der Waals surface area contributed by atoms with Crippen LogP contribution in [0.4, 0.5) is 0 Å². The Kier molecular flexibility index (Phi) is 11.1. The Balaban J connectivity index is 2.86. The average molecular weight is 457 g/mol. The van der Waals surface area contributed by atoms with Gasteiger partial charge in [0.2, 0.25) is 23.6 Å². The second kappa shape index (κ2) is 13.0. The first-order valence-electron chi connectivity index (χ1n) is 10.9. The summed E-state index contributed by atoms with van der Waals surface area (Å²) in [6, 6.07) is -4.06. The number of primary amides is 1. The summed E-state index contributed by atoms with van der Waals surface area (Å²) < 4.78 is 0. The Morgan fingerprint density at radius 2 is 1.78 bits per heavy atom. The van der Waals surface area contributed by atoms with Crippen molar-refractivity contribution in [2.75, 3.05) is 13.1 Å². The molecule has 0 spiro atoms. The van der Waals surface area contributed by atoms with Gasteiger partial charge >= 0.3 is 5.97 Å². The van der Waals surface area contributed by atoms with Crippen LogP contribution in [-0.4, -0.2) is 76.9 Å². The molecule has 4 amide bonds. The van der Waals surface area contributed by atoms with Gasteiger partial charge in [0.25, 0.3) is 0 Å². The summed E-state index contributed by atoms with van der Waals surface area (Å²) in [5.41, 5.74) is 16.4. The Hall–Kier alpha value is -2.73. The number of unbranched alkanes of at least 4 members (excludes halogenated alkanes) is 1. The van der Waals surface area contributed by atoms with Crippen LogP contribution < -0.4 is 27.8 Å². The fraction of sp³-hybridized carbons (Fsp3) is 0.750. The Morgan fingerprint density at radius 3 is 2.31 bits per heavy atom. The van der Waals surface area contributed by atoms with E-state index in [2.05, 4.69) is 10.6 Å². The molecule has 9 N–H and O–H groups in total. The number of likely N-dealkylation sites (tertiary alicyclic amines) is 1. The van der Waals surface area contributed by atoms with Crippen LogP contribution in [0.25, 0.3) is 0 Å². The molecule has 32 heavy (non-hydrogen) atoms. The summed E-state index contributed by atoms with van der Waals surface area (Å²) in [6.07, 6.45) is 2.18. The molecule has 0 aliphatic carbocycles. The maximum absolute atomic E-state index is 13.2. The summed E-state index contributed by atoms with van der Waals surface area (Å²) >= 11 is 0. The largest absolute Gasteiger partial charge is 0.480 e. The van der Waals surface area contributed by atoms with Crippen molar-refractivity contribution in [3.05, 3.63) is 0 Å². The molecule has 0 aromatic rings. The number of amides is 4. The van der Waals surface area contributed by atoms with Gasteiger partial charge in [-0.2, -0.15) is 0 Å². The summed E-state index contributed by atoms with van der Waals surface area (Å²) in [7, 11) is 0. The van der Waals surface area contributed by atoms with Gasteiger partial charge in [0, 0.05) is 6.54 Å². The molecule has 12 heteroatoms. The molecule has 1 aliphatic rings. The van der Waals surface area contributed by atoms with E-state index in [1.165, 1.54) is 4.90 Å². The lowest BCUT2D eigenvalue weighted by molar-refractivity contribution is -0.146. The molecule has 12 nitrogen and oxygen atoms in total. The SMILES string of the molecule is CC(C)[C@H](NC(=O)[C@@H](N)CCCCN)C(=O)N1CCC[C@H]1C(=O)N[C@@H](CC(N)=O)C(=O)O. The van der Waals surface area contributed by atoms with Crippen LogP contribution in [-0.2, 0) is 24.0 Å². The summed E-state index contributed by atoms with van der Waals surface area (Å²) in [6.45, 7) is 4.32. The van der Waals surface area contributed by atoms with Gasteiger partial charge in [-0.3, -0.25) is 19.2 Å². The highest BCUT2D eigenvalue weighted by molar-refractivity contribution is 5.95. The molecular weight excluding hydrogens is 420 g/mol. The van der Waals surface area contributed by atoms with Crippen molar-refractivity contribution in [2.24, 2.45) is 23.1 Å². The molecule has 0 bridgehead atoms. The van der Waals surface area contributed by atoms with Crippen molar-refractivity contribution >= 4 is 29.6 Å². The smallest absolute Gasteiger partial charge is 0.326 e. The molecule has 0 unspecified atom stereocenters. The van der Waals surface area contributed by atoms with E-state index >= 15 is 0 Å². The predicted octanol–water partition coefficient (Wildman–Crippen LogP) is -1.98. The third-order valence-corrected chi connectivity index (χ3v) is 5.39. The van der Waals surface area contributed by atoms with Crippen LogP contribution in [0.15, 0.2) is 0 Å². The van der Waals surface area contributed by atoms with E-state index in [9.17, 15) is 29.1 Å². The standard InChI is InChI=1S/C20H36N6O6/c1-11(2)16(25-17(28)12(22)6-3-4-8-21)19(30)26-9-5-7-14(26)18(29)24-13(20(31)32)10-15(23)27/h11-14,16H,3-10,21-22H2,1-2H3,(H2,23,27)(H,24,29)(H,25,28)(H,31,32)/t12-,13-,14-,16-/m0/s1. The zero-order chi connectivity index (χ0) is 24.4. The van der Waals surface area contributed by atoms with Gasteiger partial charge in [-0.05, 0) is 38.1 Å². The number of carboxylic acid groups (broad SMARTS) is 1. The minimum Gasteiger partial charge on any atom is -0.480 e.